The summed E-state index contributed by atoms with van der Waals surface area (Å²) in [7, 11) is 0. The van der Waals surface area contributed by atoms with Gasteiger partial charge in [-0.2, -0.15) is 0 Å². The number of hydrogen-bond acceptors (Lipinski definition) is 4. The van der Waals surface area contributed by atoms with E-state index in [9.17, 15) is 9.50 Å². The third kappa shape index (κ3) is 3.06. The van der Waals surface area contributed by atoms with Gasteiger partial charge in [-0.3, -0.25) is 0 Å². The molecule has 1 aliphatic heterocycles. The molecule has 0 spiro atoms. The summed E-state index contributed by atoms with van der Waals surface area (Å²) in [5.74, 6) is -0.545. The van der Waals surface area contributed by atoms with E-state index in [2.05, 4.69) is 5.32 Å². The average Bonchev–Trinajstić information content (AvgIpc) is 2.92. The number of nitrogens with one attached hydrogen (secondary N) is 1. The summed E-state index contributed by atoms with van der Waals surface area (Å²) in [5.41, 5.74) is 4.50. The lowest BCUT2D eigenvalue weighted by atomic mass is 10.0. The van der Waals surface area contributed by atoms with E-state index >= 15 is 0 Å². The first-order valence-corrected chi connectivity index (χ1v) is 8.82. The number of hydrogen-bond donors (Lipinski definition) is 2. The Labute approximate surface area is 151 Å². The van der Waals surface area contributed by atoms with Gasteiger partial charge in [0.15, 0.2) is 0 Å². The van der Waals surface area contributed by atoms with Crippen LogP contribution in [0.1, 0.15) is 16.8 Å². The zero-order chi connectivity index (χ0) is 18.3. The van der Waals surface area contributed by atoms with Gasteiger partial charge in [0.2, 0.25) is 0 Å². The van der Waals surface area contributed by atoms with Crippen LogP contribution in [0, 0.1) is 19.7 Å². The van der Waals surface area contributed by atoms with Crippen LogP contribution >= 0.6 is 0 Å². The summed E-state index contributed by atoms with van der Waals surface area (Å²) >= 11 is 0. The fourth-order valence-electron chi connectivity index (χ4n) is 3.58. The second-order valence-electron chi connectivity index (χ2n) is 6.86. The highest BCUT2D eigenvalue weighted by atomic mass is 19.1. The Morgan fingerprint density at radius 1 is 1.35 bits per heavy atom. The van der Waals surface area contributed by atoms with Crippen molar-refractivity contribution in [3.8, 4) is 17.0 Å². The van der Waals surface area contributed by atoms with Crippen molar-refractivity contribution in [3.05, 3.63) is 53.1 Å². The number of aromatic nitrogens is 2. The maximum Gasteiger partial charge on any atom is 0.137 e. The van der Waals surface area contributed by atoms with Crippen LogP contribution in [0.15, 0.2) is 30.5 Å². The molecule has 0 saturated carbocycles. The van der Waals surface area contributed by atoms with E-state index in [0.717, 1.165) is 36.1 Å². The number of fused-ring (bicyclic) bond motifs is 1. The van der Waals surface area contributed by atoms with Crippen LogP contribution in [0.4, 0.5) is 4.39 Å². The molecule has 1 atom stereocenters. The van der Waals surface area contributed by atoms with Crippen molar-refractivity contribution in [2.75, 3.05) is 19.7 Å². The van der Waals surface area contributed by atoms with E-state index < -0.39 is 5.82 Å². The highest BCUT2D eigenvalue weighted by molar-refractivity contribution is 5.71. The number of halogens is 1. The summed E-state index contributed by atoms with van der Waals surface area (Å²) in [6, 6.07) is 6.71. The molecule has 3 aromatic rings. The summed E-state index contributed by atoms with van der Waals surface area (Å²) in [5, 5.41) is 13.0. The summed E-state index contributed by atoms with van der Waals surface area (Å²) in [6.07, 6.45) is 2.62. The van der Waals surface area contributed by atoms with Crippen LogP contribution in [0.2, 0.25) is 0 Å². The monoisotopic (exact) mass is 355 g/mol. The molecule has 1 fully saturated rings. The van der Waals surface area contributed by atoms with Gasteiger partial charge in [0, 0.05) is 37.3 Å². The Morgan fingerprint density at radius 3 is 2.92 bits per heavy atom. The number of morpholine rings is 1. The molecule has 4 rings (SSSR count). The quantitative estimate of drug-likeness (QED) is 0.758. The Hall–Kier alpha value is -2.44. The first kappa shape index (κ1) is 17.0. The number of benzene rings is 1. The minimum Gasteiger partial charge on any atom is -0.508 e. The van der Waals surface area contributed by atoms with E-state index in [1.54, 1.807) is 13.0 Å². The SMILES string of the molecule is Cc1ccn2c(C[C@H]3CNCCO3)c(-c3c(C)cc(O)cc3F)nc2c1. The maximum atomic E-state index is 14.7. The van der Waals surface area contributed by atoms with Crippen molar-refractivity contribution in [2.45, 2.75) is 26.4 Å². The second kappa shape index (κ2) is 6.70. The molecule has 6 heteroatoms. The number of aryl methyl sites for hydroxylation is 2. The van der Waals surface area contributed by atoms with Gasteiger partial charge in [-0.15, -0.1) is 0 Å². The topological polar surface area (TPSA) is 58.8 Å². The number of phenols is 1. The summed E-state index contributed by atoms with van der Waals surface area (Å²) < 4.78 is 22.6. The Kier molecular flexibility index (Phi) is 4.38. The second-order valence-corrected chi connectivity index (χ2v) is 6.86. The lowest BCUT2D eigenvalue weighted by Gasteiger charge is -2.24. The first-order chi connectivity index (χ1) is 12.5. The molecule has 136 valence electrons. The summed E-state index contributed by atoms with van der Waals surface area (Å²) in [6.45, 7) is 6.07. The van der Waals surface area contributed by atoms with Crippen molar-refractivity contribution in [1.82, 2.24) is 14.7 Å². The number of aromatic hydroxyl groups is 1. The fraction of sp³-hybridized carbons (Fsp3) is 0.350. The normalized spacial score (nSPS) is 17.7. The van der Waals surface area contributed by atoms with E-state index in [-0.39, 0.29) is 11.9 Å². The van der Waals surface area contributed by atoms with Gasteiger partial charge in [0.25, 0.3) is 0 Å². The first-order valence-electron chi connectivity index (χ1n) is 8.82. The van der Waals surface area contributed by atoms with E-state index in [1.807, 2.05) is 29.7 Å². The molecule has 3 heterocycles. The Morgan fingerprint density at radius 2 is 2.19 bits per heavy atom. The molecule has 1 aromatic carbocycles. The van der Waals surface area contributed by atoms with Crippen molar-refractivity contribution in [1.29, 1.82) is 0 Å². The molecular weight excluding hydrogens is 333 g/mol. The predicted molar refractivity (Wildman–Crippen MR) is 98.0 cm³/mol. The number of pyridine rings is 1. The van der Waals surface area contributed by atoms with E-state index in [0.29, 0.717) is 29.8 Å². The molecule has 2 N–H and O–H groups in total. The standard InChI is InChI=1S/C20H22FN3O2/c1-12-3-5-24-17(10-15-11-22-4-6-26-15)20(23-18(24)7-12)19-13(2)8-14(25)9-16(19)21/h3,5,7-9,15,22,25H,4,6,10-11H2,1-2H3/t15-/m0/s1. The number of nitrogens with zero attached hydrogens (tertiary/aromatic N) is 2. The van der Waals surface area contributed by atoms with Crippen LogP contribution in [0.3, 0.4) is 0 Å². The van der Waals surface area contributed by atoms with Gasteiger partial charge >= 0.3 is 0 Å². The van der Waals surface area contributed by atoms with Crippen molar-refractivity contribution in [3.63, 3.8) is 0 Å². The summed E-state index contributed by atoms with van der Waals surface area (Å²) in [4.78, 5) is 4.73. The van der Waals surface area contributed by atoms with Crippen LogP contribution in [-0.4, -0.2) is 40.3 Å². The molecular formula is C20H22FN3O2. The smallest absolute Gasteiger partial charge is 0.137 e. The van der Waals surface area contributed by atoms with Gasteiger partial charge in [0.1, 0.15) is 17.2 Å². The molecule has 0 radical (unpaired) electrons. The molecule has 0 unspecified atom stereocenters. The van der Waals surface area contributed by atoms with Gasteiger partial charge in [-0.05, 0) is 43.2 Å². The van der Waals surface area contributed by atoms with Crippen LogP contribution in [0.5, 0.6) is 5.75 Å². The molecule has 1 aliphatic rings. The predicted octanol–water partition coefficient (Wildman–Crippen LogP) is 2.99. The van der Waals surface area contributed by atoms with Crippen LogP contribution in [0.25, 0.3) is 16.9 Å². The number of rotatable bonds is 3. The van der Waals surface area contributed by atoms with Crippen LogP contribution < -0.4 is 5.32 Å². The number of ether oxygens (including phenoxy) is 1. The molecule has 5 nitrogen and oxygen atoms in total. The highest BCUT2D eigenvalue weighted by Gasteiger charge is 2.23. The van der Waals surface area contributed by atoms with E-state index in [4.69, 9.17) is 9.72 Å². The molecule has 2 aromatic heterocycles. The molecule has 0 bridgehead atoms. The van der Waals surface area contributed by atoms with Gasteiger partial charge in [-0.25, -0.2) is 9.37 Å². The van der Waals surface area contributed by atoms with Gasteiger partial charge in [0.05, 0.1) is 24.1 Å². The fourth-order valence-corrected chi connectivity index (χ4v) is 3.58. The van der Waals surface area contributed by atoms with Gasteiger partial charge in [-0.1, -0.05) is 0 Å². The zero-order valence-corrected chi connectivity index (χ0v) is 14.9. The Balaban J connectivity index is 1.89. The minimum atomic E-state index is -0.466. The van der Waals surface area contributed by atoms with Gasteiger partial charge < -0.3 is 19.6 Å². The minimum absolute atomic E-state index is 0.0178. The zero-order valence-electron chi connectivity index (χ0n) is 14.9. The van der Waals surface area contributed by atoms with Crippen molar-refractivity contribution >= 4 is 5.65 Å². The van der Waals surface area contributed by atoms with E-state index in [1.165, 1.54) is 0 Å². The molecule has 26 heavy (non-hydrogen) atoms. The number of imidazole rings is 1. The molecule has 0 aliphatic carbocycles. The molecule has 1 saturated heterocycles. The third-order valence-corrected chi connectivity index (χ3v) is 4.81. The lowest BCUT2D eigenvalue weighted by Crippen LogP contribution is -2.39. The molecule has 0 amide bonds. The lowest BCUT2D eigenvalue weighted by molar-refractivity contribution is 0.0286. The number of phenolic OH excluding ortho intramolecular Hbond substituents is 1. The van der Waals surface area contributed by atoms with Crippen molar-refractivity contribution < 1.29 is 14.2 Å². The largest absolute Gasteiger partial charge is 0.508 e. The Bertz CT molecular complexity index is 938. The maximum absolute atomic E-state index is 14.7. The van der Waals surface area contributed by atoms with Crippen LogP contribution in [-0.2, 0) is 11.2 Å². The highest BCUT2D eigenvalue weighted by Crippen LogP contribution is 2.33. The van der Waals surface area contributed by atoms with Crippen molar-refractivity contribution in [2.24, 2.45) is 0 Å². The third-order valence-electron chi connectivity index (χ3n) is 4.81. The average molecular weight is 355 g/mol.